The summed E-state index contributed by atoms with van der Waals surface area (Å²) >= 11 is 0. The second-order valence-corrected chi connectivity index (χ2v) is 5.89. The molecule has 2 rings (SSSR count). The van der Waals surface area contributed by atoms with Crippen LogP contribution >= 0.6 is 12.4 Å². The maximum atomic E-state index is 12.2. The van der Waals surface area contributed by atoms with Crippen LogP contribution in [0.3, 0.4) is 0 Å². The largest absolute Gasteiger partial charge is 0.493 e. The maximum Gasteiger partial charge on any atom is 0.224 e. The summed E-state index contributed by atoms with van der Waals surface area (Å²) in [5.41, 5.74) is 0.736. The molecule has 130 valence electrons. The van der Waals surface area contributed by atoms with Crippen LogP contribution in [-0.4, -0.2) is 33.2 Å². The van der Waals surface area contributed by atoms with Gasteiger partial charge in [-0.25, -0.2) is 0 Å². The van der Waals surface area contributed by atoms with E-state index in [-0.39, 0.29) is 18.3 Å². The van der Waals surface area contributed by atoms with Crippen LogP contribution in [0.25, 0.3) is 0 Å². The summed E-state index contributed by atoms with van der Waals surface area (Å²) in [4.78, 5) is 12.2. The van der Waals surface area contributed by atoms with Crippen LogP contribution in [0.1, 0.15) is 26.2 Å². The third kappa shape index (κ3) is 5.59. The summed E-state index contributed by atoms with van der Waals surface area (Å²) in [5.74, 6) is 2.37. The van der Waals surface area contributed by atoms with Gasteiger partial charge in [-0.05, 0) is 49.9 Å². The summed E-state index contributed by atoms with van der Waals surface area (Å²) in [7, 11) is 3.18. The summed E-state index contributed by atoms with van der Waals surface area (Å²) in [6.07, 6.45) is 2.87. The quantitative estimate of drug-likeness (QED) is 0.834. The van der Waals surface area contributed by atoms with Crippen LogP contribution < -0.4 is 20.1 Å². The maximum absolute atomic E-state index is 12.2. The van der Waals surface area contributed by atoms with Crippen molar-refractivity contribution in [2.45, 2.75) is 26.2 Å². The lowest BCUT2D eigenvalue weighted by molar-refractivity contribution is -0.117. The number of nitrogens with one attached hydrogen (secondary N) is 2. The van der Waals surface area contributed by atoms with Crippen molar-refractivity contribution < 1.29 is 14.3 Å². The summed E-state index contributed by atoms with van der Waals surface area (Å²) in [6.45, 7) is 4.29. The number of benzene rings is 1. The predicted molar refractivity (Wildman–Crippen MR) is 94.8 cm³/mol. The molecular weight excluding hydrogens is 316 g/mol. The van der Waals surface area contributed by atoms with Gasteiger partial charge in [-0.1, -0.05) is 6.92 Å². The van der Waals surface area contributed by atoms with E-state index in [1.807, 2.05) is 6.07 Å². The number of methoxy groups -OCH3 is 2. The van der Waals surface area contributed by atoms with E-state index in [1.165, 1.54) is 0 Å². The highest BCUT2D eigenvalue weighted by atomic mass is 35.5. The molecule has 1 aliphatic rings. The molecule has 0 radical (unpaired) electrons. The normalized spacial score (nSPS) is 16.1. The highest BCUT2D eigenvalue weighted by molar-refractivity contribution is 5.91. The number of piperidine rings is 1. The van der Waals surface area contributed by atoms with Gasteiger partial charge in [-0.3, -0.25) is 4.79 Å². The first kappa shape index (κ1) is 19.6. The molecule has 0 aromatic heterocycles. The average molecular weight is 343 g/mol. The number of ether oxygens (including phenoxy) is 2. The second-order valence-electron chi connectivity index (χ2n) is 5.89. The molecule has 0 aliphatic carbocycles. The van der Waals surface area contributed by atoms with E-state index in [1.54, 1.807) is 26.4 Å². The van der Waals surface area contributed by atoms with Gasteiger partial charge in [-0.15, -0.1) is 12.4 Å². The van der Waals surface area contributed by atoms with E-state index in [0.717, 1.165) is 31.6 Å². The number of amides is 1. The Morgan fingerprint density at radius 1 is 1.26 bits per heavy atom. The summed E-state index contributed by atoms with van der Waals surface area (Å²) < 4.78 is 10.4. The fourth-order valence-electron chi connectivity index (χ4n) is 3.00. The van der Waals surface area contributed by atoms with E-state index < -0.39 is 0 Å². The zero-order valence-electron chi connectivity index (χ0n) is 14.1. The molecule has 0 bridgehead atoms. The Bertz CT molecular complexity index is 505. The first-order chi connectivity index (χ1) is 10.6. The molecule has 0 saturated carbocycles. The molecule has 5 nitrogen and oxygen atoms in total. The minimum atomic E-state index is 0. The number of carbonyl (C=O) groups excluding carboxylic acids is 1. The molecule has 1 fully saturated rings. The Morgan fingerprint density at radius 3 is 2.52 bits per heavy atom. The molecule has 6 heteroatoms. The zero-order chi connectivity index (χ0) is 15.9. The lowest BCUT2D eigenvalue weighted by Gasteiger charge is -2.27. The molecule has 23 heavy (non-hydrogen) atoms. The number of halogens is 1. The molecule has 1 unspecified atom stereocenters. The third-order valence-electron chi connectivity index (χ3n) is 4.36. The van der Waals surface area contributed by atoms with Gasteiger partial charge in [0.15, 0.2) is 11.5 Å². The number of rotatable bonds is 6. The predicted octanol–water partition coefficient (Wildman–Crippen LogP) is 3.09. The van der Waals surface area contributed by atoms with Crippen LogP contribution in [0, 0.1) is 11.8 Å². The van der Waals surface area contributed by atoms with Crippen LogP contribution in [-0.2, 0) is 4.79 Å². The first-order valence-electron chi connectivity index (χ1n) is 7.86. The fraction of sp³-hybridized carbons (Fsp3) is 0.588. The van der Waals surface area contributed by atoms with Gasteiger partial charge in [-0.2, -0.15) is 0 Å². The molecule has 2 N–H and O–H groups in total. The van der Waals surface area contributed by atoms with Crippen LogP contribution in [0.15, 0.2) is 18.2 Å². The smallest absolute Gasteiger partial charge is 0.224 e. The highest BCUT2D eigenvalue weighted by Crippen LogP contribution is 2.30. The van der Waals surface area contributed by atoms with E-state index in [0.29, 0.717) is 29.8 Å². The Kier molecular flexibility index (Phi) is 8.20. The van der Waals surface area contributed by atoms with Crippen molar-refractivity contribution in [1.82, 2.24) is 5.32 Å². The minimum absolute atomic E-state index is 0. The summed E-state index contributed by atoms with van der Waals surface area (Å²) in [6, 6.07) is 5.41. The number of anilines is 1. The molecule has 1 saturated heterocycles. The lowest BCUT2D eigenvalue weighted by atomic mass is 9.84. The Hall–Kier alpha value is -1.46. The monoisotopic (exact) mass is 342 g/mol. The van der Waals surface area contributed by atoms with Crippen molar-refractivity contribution >= 4 is 24.0 Å². The second kappa shape index (κ2) is 9.63. The molecule has 0 spiro atoms. The van der Waals surface area contributed by atoms with Gasteiger partial charge in [0.25, 0.3) is 0 Å². The molecule has 1 aliphatic heterocycles. The van der Waals surface area contributed by atoms with Crippen molar-refractivity contribution in [2.24, 2.45) is 11.8 Å². The first-order valence-corrected chi connectivity index (χ1v) is 7.86. The van der Waals surface area contributed by atoms with Gasteiger partial charge in [0, 0.05) is 18.2 Å². The molecule has 1 amide bonds. The van der Waals surface area contributed by atoms with E-state index in [9.17, 15) is 4.79 Å². The summed E-state index contributed by atoms with van der Waals surface area (Å²) in [5, 5.41) is 6.31. The molecule has 1 atom stereocenters. The SMILES string of the molecule is COc1ccc(NC(=O)CC(C)C2CCNCC2)cc1OC.Cl. The Balaban J connectivity index is 0.00000264. The fourth-order valence-corrected chi connectivity index (χ4v) is 3.00. The van der Waals surface area contributed by atoms with Gasteiger partial charge < -0.3 is 20.1 Å². The highest BCUT2D eigenvalue weighted by Gasteiger charge is 2.22. The van der Waals surface area contributed by atoms with Crippen LogP contribution in [0.4, 0.5) is 5.69 Å². The van der Waals surface area contributed by atoms with Gasteiger partial charge in [0.2, 0.25) is 5.91 Å². The van der Waals surface area contributed by atoms with Crippen molar-refractivity contribution in [3.8, 4) is 11.5 Å². The van der Waals surface area contributed by atoms with E-state index >= 15 is 0 Å². The minimum Gasteiger partial charge on any atom is -0.493 e. The van der Waals surface area contributed by atoms with Crippen molar-refractivity contribution in [1.29, 1.82) is 0 Å². The van der Waals surface area contributed by atoms with Gasteiger partial charge in [0.05, 0.1) is 14.2 Å². The molecule has 1 aromatic carbocycles. The number of hydrogen-bond acceptors (Lipinski definition) is 4. The number of carbonyl (C=O) groups is 1. The molecule has 1 heterocycles. The Labute approximate surface area is 144 Å². The van der Waals surface area contributed by atoms with E-state index in [2.05, 4.69) is 17.6 Å². The van der Waals surface area contributed by atoms with Gasteiger partial charge >= 0.3 is 0 Å². The van der Waals surface area contributed by atoms with Crippen LogP contribution in [0.2, 0.25) is 0 Å². The zero-order valence-corrected chi connectivity index (χ0v) is 14.9. The standard InChI is InChI=1S/C17H26N2O3.ClH/c1-12(13-6-8-18-9-7-13)10-17(20)19-14-4-5-15(21-2)16(11-14)22-3;/h4-5,11-13,18H,6-10H2,1-3H3,(H,19,20);1H. The topological polar surface area (TPSA) is 59.6 Å². The van der Waals surface area contributed by atoms with Crippen molar-refractivity contribution in [3.63, 3.8) is 0 Å². The average Bonchev–Trinajstić information content (AvgIpc) is 2.55. The van der Waals surface area contributed by atoms with E-state index in [4.69, 9.17) is 9.47 Å². The third-order valence-corrected chi connectivity index (χ3v) is 4.36. The molecule has 1 aromatic rings. The number of hydrogen-bond donors (Lipinski definition) is 2. The van der Waals surface area contributed by atoms with Gasteiger partial charge in [0.1, 0.15) is 0 Å². The lowest BCUT2D eigenvalue weighted by Crippen LogP contribution is -2.32. The van der Waals surface area contributed by atoms with Crippen molar-refractivity contribution in [3.05, 3.63) is 18.2 Å². The van der Waals surface area contributed by atoms with Crippen molar-refractivity contribution in [2.75, 3.05) is 32.6 Å². The van der Waals surface area contributed by atoms with Crippen LogP contribution in [0.5, 0.6) is 11.5 Å². The molecular formula is C17H27ClN2O3. The Morgan fingerprint density at radius 2 is 1.91 bits per heavy atom.